The van der Waals surface area contributed by atoms with Crippen LogP contribution in [0, 0.1) is 5.82 Å². The van der Waals surface area contributed by atoms with Gasteiger partial charge in [0.2, 0.25) is 0 Å². The van der Waals surface area contributed by atoms with Crippen LogP contribution in [-0.2, 0) is 0 Å². The van der Waals surface area contributed by atoms with E-state index in [0.717, 1.165) is 16.3 Å². The number of aromatic nitrogens is 1. The lowest BCUT2D eigenvalue weighted by Gasteiger charge is -1.98. The van der Waals surface area contributed by atoms with Crippen molar-refractivity contribution in [1.29, 1.82) is 0 Å². The van der Waals surface area contributed by atoms with Crippen LogP contribution < -0.4 is 0 Å². The zero-order valence-corrected chi connectivity index (χ0v) is 10.6. The fourth-order valence-corrected chi connectivity index (χ4v) is 2.99. The highest BCUT2D eigenvalue weighted by molar-refractivity contribution is 7.22. The SMILES string of the molecule is Oc1ccc(-c2nc3cccc(Cl)c3s2)c(F)c1. The van der Waals surface area contributed by atoms with Crippen LogP contribution in [0.4, 0.5) is 4.39 Å². The largest absolute Gasteiger partial charge is 0.508 e. The molecule has 2 nitrogen and oxygen atoms in total. The van der Waals surface area contributed by atoms with E-state index < -0.39 is 5.82 Å². The topological polar surface area (TPSA) is 33.1 Å². The van der Waals surface area contributed by atoms with Crippen molar-refractivity contribution in [2.45, 2.75) is 0 Å². The van der Waals surface area contributed by atoms with Gasteiger partial charge in [-0.2, -0.15) is 0 Å². The van der Waals surface area contributed by atoms with Crippen molar-refractivity contribution in [3.8, 4) is 16.3 Å². The van der Waals surface area contributed by atoms with Crippen LogP contribution in [0.25, 0.3) is 20.8 Å². The molecule has 5 heteroatoms. The number of thiazole rings is 1. The molecule has 0 aliphatic carbocycles. The summed E-state index contributed by atoms with van der Waals surface area (Å²) in [5, 5.41) is 10.3. The van der Waals surface area contributed by atoms with Crippen molar-refractivity contribution < 1.29 is 9.50 Å². The van der Waals surface area contributed by atoms with Gasteiger partial charge < -0.3 is 5.11 Å². The Hall–Kier alpha value is -1.65. The number of rotatable bonds is 1. The Balaban J connectivity index is 2.23. The molecular weight excluding hydrogens is 273 g/mol. The summed E-state index contributed by atoms with van der Waals surface area (Å²) in [5.41, 5.74) is 1.11. The third-order valence-electron chi connectivity index (χ3n) is 2.55. The van der Waals surface area contributed by atoms with Crippen LogP contribution in [0.15, 0.2) is 36.4 Å². The summed E-state index contributed by atoms with van der Waals surface area (Å²) in [4.78, 5) is 4.35. The number of hydrogen-bond acceptors (Lipinski definition) is 3. The lowest BCUT2D eigenvalue weighted by Crippen LogP contribution is -1.82. The number of benzene rings is 2. The van der Waals surface area contributed by atoms with Crippen molar-refractivity contribution in [3.63, 3.8) is 0 Å². The van der Waals surface area contributed by atoms with Gasteiger partial charge in [0.05, 0.1) is 15.2 Å². The van der Waals surface area contributed by atoms with E-state index in [1.54, 1.807) is 12.1 Å². The third kappa shape index (κ3) is 1.83. The number of fused-ring (bicyclic) bond motifs is 1. The minimum Gasteiger partial charge on any atom is -0.508 e. The summed E-state index contributed by atoms with van der Waals surface area (Å²) in [5.74, 6) is -0.597. The standard InChI is InChI=1S/C13H7ClFNOS/c14-9-2-1-3-11-12(9)18-13(16-11)8-5-4-7(17)6-10(8)15/h1-6,17H. The highest BCUT2D eigenvalue weighted by Gasteiger charge is 2.12. The maximum Gasteiger partial charge on any atom is 0.137 e. The minimum absolute atomic E-state index is 0.101. The molecular formula is C13H7ClFNOS. The van der Waals surface area contributed by atoms with Gasteiger partial charge in [0, 0.05) is 11.6 Å². The molecule has 2 aromatic carbocycles. The van der Waals surface area contributed by atoms with E-state index in [2.05, 4.69) is 4.98 Å². The van der Waals surface area contributed by atoms with Gasteiger partial charge in [0.15, 0.2) is 0 Å². The first-order chi connectivity index (χ1) is 8.65. The van der Waals surface area contributed by atoms with E-state index in [0.29, 0.717) is 15.6 Å². The Kier molecular flexibility index (Phi) is 2.69. The Labute approximate surface area is 111 Å². The molecule has 0 saturated carbocycles. The molecule has 0 unspecified atom stereocenters. The smallest absolute Gasteiger partial charge is 0.137 e. The molecule has 0 radical (unpaired) electrons. The van der Waals surface area contributed by atoms with Crippen LogP contribution in [-0.4, -0.2) is 10.1 Å². The van der Waals surface area contributed by atoms with Gasteiger partial charge in [-0.3, -0.25) is 0 Å². The molecule has 3 rings (SSSR count). The highest BCUT2D eigenvalue weighted by atomic mass is 35.5. The van der Waals surface area contributed by atoms with Gasteiger partial charge in [-0.15, -0.1) is 11.3 Å². The van der Waals surface area contributed by atoms with Crippen LogP contribution in [0.2, 0.25) is 5.02 Å². The molecule has 1 N–H and O–H groups in total. The summed E-state index contributed by atoms with van der Waals surface area (Å²) in [6.45, 7) is 0. The maximum absolute atomic E-state index is 13.7. The Morgan fingerprint density at radius 3 is 2.78 bits per heavy atom. The molecule has 0 aliphatic rings. The van der Waals surface area contributed by atoms with Crippen molar-refractivity contribution in [2.75, 3.05) is 0 Å². The van der Waals surface area contributed by atoms with E-state index in [1.165, 1.54) is 23.5 Å². The number of halogens is 2. The Morgan fingerprint density at radius 1 is 1.22 bits per heavy atom. The van der Waals surface area contributed by atoms with Crippen molar-refractivity contribution in [3.05, 3.63) is 47.2 Å². The molecule has 0 saturated heterocycles. The quantitative estimate of drug-likeness (QED) is 0.713. The van der Waals surface area contributed by atoms with Gasteiger partial charge in [-0.05, 0) is 24.3 Å². The zero-order valence-electron chi connectivity index (χ0n) is 9.02. The van der Waals surface area contributed by atoms with Gasteiger partial charge in [0.1, 0.15) is 16.6 Å². The number of aromatic hydroxyl groups is 1. The third-order valence-corrected chi connectivity index (χ3v) is 4.11. The number of phenolic OH excluding ortho intramolecular Hbond substituents is 1. The van der Waals surface area contributed by atoms with Crippen LogP contribution in [0.1, 0.15) is 0 Å². The molecule has 90 valence electrons. The molecule has 3 aromatic rings. The molecule has 1 aromatic heterocycles. The summed E-state index contributed by atoms with van der Waals surface area (Å²) >= 11 is 7.39. The van der Waals surface area contributed by atoms with E-state index in [4.69, 9.17) is 11.6 Å². The fraction of sp³-hybridized carbons (Fsp3) is 0. The highest BCUT2D eigenvalue weighted by Crippen LogP contribution is 2.35. The second-order valence-electron chi connectivity index (χ2n) is 3.77. The molecule has 0 spiro atoms. The lowest BCUT2D eigenvalue weighted by atomic mass is 10.2. The molecule has 0 amide bonds. The Bertz CT molecular complexity index is 741. The number of nitrogens with zero attached hydrogens (tertiary/aromatic N) is 1. The first-order valence-corrected chi connectivity index (χ1v) is 6.38. The monoisotopic (exact) mass is 279 g/mol. The second kappa shape index (κ2) is 4.23. The van der Waals surface area contributed by atoms with Gasteiger partial charge >= 0.3 is 0 Å². The van der Waals surface area contributed by atoms with Crippen molar-refractivity contribution in [1.82, 2.24) is 4.98 Å². The van der Waals surface area contributed by atoms with Crippen molar-refractivity contribution in [2.24, 2.45) is 0 Å². The molecule has 1 heterocycles. The minimum atomic E-state index is -0.495. The van der Waals surface area contributed by atoms with E-state index in [9.17, 15) is 9.50 Å². The van der Waals surface area contributed by atoms with Gasteiger partial charge in [-0.25, -0.2) is 9.37 Å². The average molecular weight is 280 g/mol. The van der Waals surface area contributed by atoms with Gasteiger partial charge in [0.25, 0.3) is 0 Å². The lowest BCUT2D eigenvalue weighted by molar-refractivity contribution is 0.469. The number of hydrogen-bond donors (Lipinski definition) is 1. The van der Waals surface area contributed by atoms with E-state index in [-0.39, 0.29) is 5.75 Å². The summed E-state index contributed by atoms with van der Waals surface area (Å²) < 4.78 is 14.6. The predicted molar refractivity (Wildman–Crippen MR) is 71.7 cm³/mol. The molecule has 0 aliphatic heterocycles. The molecule has 0 bridgehead atoms. The zero-order chi connectivity index (χ0) is 12.7. The molecule has 18 heavy (non-hydrogen) atoms. The van der Waals surface area contributed by atoms with Crippen LogP contribution in [0.3, 0.4) is 0 Å². The normalized spacial score (nSPS) is 11.0. The molecule has 0 fully saturated rings. The van der Waals surface area contributed by atoms with Crippen LogP contribution >= 0.6 is 22.9 Å². The van der Waals surface area contributed by atoms with Crippen molar-refractivity contribution >= 4 is 33.2 Å². The predicted octanol–water partition coefficient (Wildman–Crippen LogP) is 4.46. The summed E-state index contributed by atoms with van der Waals surface area (Å²) in [7, 11) is 0. The molecule has 0 atom stereocenters. The maximum atomic E-state index is 13.7. The fourth-order valence-electron chi connectivity index (χ4n) is 1.71. The summed E-state index contributed by atoms with van der Waals surface area (Å²) in [6.07, 6.45) is 0. The first kappa shape index (κ1) is 11.4. The second-order valence-corrected chi connectivity index (χ2v) is 5.18. The first-order valence-electron chi connectivity index (χ1n) is 5.19. The van der Waals surface area contributed by atoms with Crippen LogP contribution in [0.5, 0.6) is 5.75 Å². The number of phenols is 1. The van der Waals surface area contributed by atoms with E-state index >= 15 is 0 Å². The average Bonchev–Trinajstić information content (AvgIpc) is 2.74. The van der Waals surface area contributed by atoms with E-state index in [1.807, 2.05) is 6.07 Å². The summed E-state index contributed by atoms with van der Waals surface area (Å²) in [6, 6.07) is 9.44. The van der Waals surface area contributed by atoms with Gasteiger partial charge in [-0.1, -0.05) is 17.7 Å². The Morgan fingerprint density at radius 2 is 2.06 bits per heavy atom.